The SMILES string of the molecule is O=C(NC1CCC(O)CC1)c1cc(F)ccc1Br. The maximum Gasteiger partial charge on any atom is 0.252 e. The van der Waals surface area contributed by atoms with E-state index in [4.69, 9.17) is 0 Å². The zero-order valence-corrected chi connectivity index (χ0v) is 11.4. The number of aliphatic hydroxyl groups is 1. The van der Waals surface area contributed by atoms with Crippen LogP contribution in [0.25, 0.3) is 0 Å². The molecule has 1 amide bonds. The van der Waals surface area contributed by atoms with Gasteiger partial charge in [0.25, 0.3) is 5.91 Å². The van der Waals surface area contributed by atoms with Crippen molar-refractivity contribution < 1.29 is 14.3 Å². The van der Waals surface area contributed by atoms with Crippen molar-refractivity contribution in [2.75, 3.05) is 0 Å². The first-order valence-corrected chi connectivity index (χ1v) is 6.79. The van der Waals surface area contributed by atoms with Crippen LogP contribution in [-0.2, 0) is 0 Å². The lowest BCUT2D eigenvalue weighted by atomic mass is 9.93. The summed E-state index contributed by atoms with van der Waals surface area (Å²) in [7, 11) is 0. The molecule has 0 radical (unpaired) electrons. The van der Waals surface area contributed by atoms with E-state index in [0.717, 1.165) is 12.8 Å². The summed E-state index contributed by atoms with van der Waals surface area (Å²) in [5.41, 5.74) is 0.307. The van der Waals surface area contributed by atoms with Crippen molar-refractivity contribution in [2.24, 2.45) is 0 Å². The van der Waals surface area contributed by atoms with E-state index in [-0.39, 0.29) is 18.1 Å². The maximum atomic E-state index is 13.1. The lowest BCUT2D eigenvalue weighted by molar-refractivity contribution is 0.0866. The van der Waals surface area contributed by atoms with E-state index < -0.39 is 5.82 Å². The van der Waals surface area contributed by atoms with Crippen molar-refractivity contribution in [3.63, 3.8) is 0 Å². The topological polar surface area (TPSA) is 49.3 Å². The molecule has 98 valence electrons. The molecule has 1 aromatic carbocycles. The molecule has 5 heteroatoms. The van der Waals surface area contributed by atoms with Crippen LogP contribution in [0.3, 0.4) is 0 Å². The number of benzene rings is 1. The van der Waals surface area contributed by atoms with Crippen molar-refractivity contribution in [3.8, 4) is 0 Å². The number of aliphatic hydroxyl groups excluding tert-OH is 1. The summed E-state index contributed by atoms with van der Waals surface area (Å²) in [5.74, 6) is -0.704. The molecule has 1 aliphatic carbocycles. The molecule has 3 nitrogen and oxygen atoms in total. The minimum Gasteiger partial charge on any atom is -0.393 e. The number of carbonyl (C=O) groups is 1. The van der Waals surface area contributed by atoms with Gasteiger partial charge in [-0.25, -0.2) is 4.39 Å². The number of hydrogen-bond donors (Lipinski definition) is 2. The molecule has 18 heavy (non-hydrogen) atoms. The second-order valence-corrected chi connectivity index (χ2v) is 5.46. The van der Waals surface area contributed by atoms with Gasteiger partial charge in [0, 0.05) is 10.5 Å². The Morgan fingerprint density at radius 2 is 2.00 bits per heavy atom. The number of nitrogens with one attached hydrogen (secondary N) is 1. The van der Waals surface area contributed by atoms with Crippen LogP contribution in [0.4, 0.5) is 4.39 Å². The molecule has 1 fully saturated rings. The van der Waals surface area contributed by atoms with E-state index >= 15 is 0 Å². The van der Waals surface area contributed by atoms with E-state index in [0.29, 0.717) is 22.9 Å². The molecule has 0 saturated heterocycles. The lowest BCUT2D eigenvalue weighted by Gasteiger charge is -2.26. The van der Waals surface area contributed by atoms with Gasteiger partial charge in [0.2, 0.25) is 0 Å². The first-order valence-electron chi connectivity index (χ1n) is 6.00. The van der Waals surface area contributed by atoms with Crippen LogP contribution >= 0.6 is 15.9 Å². The zero-order chi connectivity index (χ0) is 13.1. The van der Waals surface area contributed by atoms with Crippen LogP contribution in [0.5, 0.6) is 0 Å². The van der Waals surface area contributed by atoms with Crippen LogP contribution in [0.2, 0.25) is 0 Å². The molecular weight excluding hydrogens is 301 g/mol. The average molecular weight is 316 g/mol. The maximum absolute atomic E-state index is 13.1. The number of hydrogen-bond acceptors (Lipinski definition) is 2. The monoisotopic (exact) mass is 315 g/mol. The molecular formula is C13H15BrFNO2. The largest absolute Gasteiger partial charge is 0.393 e. The Morgan fingerprint density at radius 3 is 2.67 bits per heavy atom. The van der Waals surface area contributed by atoms with Crippen molar-refractivity contribution in [2.45, 2.75) is 37.8 Å². The second kappa shape index (κ2) is 5.80. The van der Waals surface area contributed by atoms with Crippen molar-refractivity contribution in [3.05, 3.63) is 34.1 Å². The number of halogens is 2. The Balaban J connectivity index is 2.01. The highest BCUT2D eigenvalue weighted by atomic mass is 79.9. The molecule has 2 N–H and O–H groups in total. The third-order valence-electron chi connectivity index (χ3n) is 3.20. The summed E-state index contributed by atoms with van der Waals surface area (Å²) < 4.78 is 13.7. The molecule has 0 bridgehead atoms. The second-order valence-electron chi connectivity index (χ2n) is 4.60. The van der Waals surface area contributed by atoms with Gasteiger partial charge < -0.3 is 10.4 Å². The Hall–Kier alpha value is -0.940. The predicted octanol–water partition coefficient (Wildman–Crippen LogP) is 2.62. The fourth-order valence-corrected chi connectivity index (χ4v) is 2.58. The van der Waals surface area contributed by atoms with Crippen LogP contribution in [-0.4, -0.2) is 23.2 Å². The highest BCUT2D eigenvalue weighted by Gasteiger charge is 2.22. The highest BCUT2D eigenvalue weighted by molar-refractivity contribution is 9.10. The van der Waals surface area contributed by atoms with Gasteiger partial charge in [-0.3, -0.25) is 4.79 Å². The van der Waals surface area contributed by atoms with Gasteiger partial charge in [-0.2, -0.15) is 0 Å². The third-order valence-corrected chi connectivity index (χ3v) is 3.90. The zero-order valence-electron chi connectivity index (χ0n) is 9.83. The molecule has 0 spiro atoms. The smallest absolute Gasteiger partial charge is 0.252 e. The first-order chi connectivity index (χ1) is 8.56. The Morgan fingerprint density at radius 1 is 1.33 bits per heavy atom. The van der Waals surface area contributed by atoms with Gasteiger partial charge in [0.05, 0.1) is 11.7 Å². The van der Waals surface area contributed by atoms with Crippen LogP contribution in [0, 0.1) is 5.82 Å². The van der Waals surface area contributed by atoms with Crippen molar-refractivity contribution in [1.82, 2.24) is 5.32 Å². The molecule has 1 saturated carbocycles. The molecule has 2 rings (SSSR count). The molecule has 0 aromatic heterocycles. The van der Waals surface area contributed by atoms with Crippen molar-refractivity contribution >= 4 is 21.8 Å². The molecule has 0 heterocycles. The van der Waals surface area contributed by atoms with Gasteiger partial charge in [0.15, 0.2) is 0 Å². The summed E-state index contributed by atoms with van der Waals surface area (Å²) in [6.45, 7) is 0. The summed E-state index contributed by atoms with van der Waals surface area (Å²) in [5, 5.41) is 12.3. The summed E-state index contributed by atoms with van der Waals surface area (Å²) in [6, 6.07) is 4.11. The minimum absolute atomic E-state index is 0.0658. The van der Waals surface area contributed by atoms with Gasteiger partial charge >= 0.3 is 0 Å². The Labute approximate surface area is 114 Å². The molecule has 1 aliphatic rings. The summed E-state index contributed by atoms with van der Waals surface area (Å²) in [4.78, 5) is 12.0. The normalized spacial score (nSPS) is 23.7. The van der Waals surface area contributed by atoms with Gasteiger partial charge in [-0.1, -0.05) is 0 Å². The van der Waals surface area contributed by atoms with E-state index in [2.05, 4.69) is 21.2 Å². The van der Waals surface area contributed by atoms with Gasteiger partial charge in [-0.05, 0) is 59.8 Å². The average Bonchev–Trinajstić information content (AvgIpc) is 2.35. The van der Waals surface area contributed by atoms with E-state index in [1.165, 1.54) is 18.2 Å². The minimum atomic E-state index is -0.428. The van der Waals surface area contributed by atoms with Gasteiger partial charge in [0.1, 0.15) is 5.82 Å². The molecule has 1 aromatic rings. The number of rotatable bonds is 2. The summed E-state index contributed by atoms with van der Waals surface area (Å²) >= 11 is 3.24. The fraction of sp³-hybridized carbons (Fsp3) is 0.462. The molecule has 0 atom stereocenters. The fourth-order valence-electron chi connectivity index (χ4n) is 2.15. The Kier molecular flexibility index (Phi) is 4.35. The molecule has 0 aliphatic heterocycles. The van der Waals surface area contributed by atoms with E-state index in [9.17, 15) is 14.3 Å². The number of carbonyl (C=O) groups excluding carboxylic acids is 1. The highest BCUT2D eigenvalue weighted by Crippen LogP contribution is 2.21. The van der Waals surface area contributed by atoms with Crippen LogP contribution in [0.1, 0.15) is 36.0 Å². The summed E-state index contributed by atoms with van der Waals surface area (Å²) in [6.07, 6.45) is 2.68. The number of amides is 1. The molecule has 0 unspecified atom stereocenters. The van der Waals surface area contributed by atoms with E-state index in [1.807, 2.05) is 0 Å². The third kappa shape index (κ3) is 3.29. The van der Waals surface area contributed by atoms with Crippen LogP contribution in [0.15, 0.2) is 22.7 Å². The van der Waals surface area contributed by atoms with Gasteiger partial charge in [-0.15, -0.1) is 0 Å². The predicted molar refractivity (Wildman–Crippen MR) is 69.8 cm³/mol. The Bertz CT molecular complexity index is 445. The van der Waals surface area contributed by atoms with Crippen molar-refractivity contribution in [1.29, 1.82) is 0 Å². The first kappa shape index (κ1) is 13.5. The van der Waals surface area contributed by atoms with Crippen LogP contribution < -0.4 is 5.32 Å². The lowest BCUT2D eigenvalue weighted by Crippen LogP contribution is -2.38. The quantitative estimate of drug-likeness (QED) is 0.881. The standard InChI is InChI=1S/C13H15BrFNO2/c14-12-6-1-8(15)7-11(12)13(18)16-9-2-4-10(17)5-3-9/h1,6-7,9-10,17H,2-5H2,(H,16,18). The van der Waals surface area contributed by atoms with E-state index in [1.54, 1.807) is 0 Å².